The van der Waals surface area contributed by atoms with Gasteiger partial charge in [-0.25, -0.2) is 4.39 Å². The Bertz CT molecular complexity index is 952. The largest absolute Gasteiger partial charge is 0.340 e. The van der Waals surface area contributed by atoms with Gasteiger partial charge in [-0.15, -0.1) is 11.3 Å². The lowest BCUT2D eigenvalue weighted by Crippen LogP contribution is -2.26. The standard InChI is InChI=1S/C18H17FN4OS/c1-12-15-10-16(17(24)22(2)9-3-8-20)25-18(15)23(21-12)11-13-4-6-14(19)7-5-13/h4-7,10H,3,9,11H2,1-2H3. The highest BCUT2D eigenvalue weighted by molar-refractivity contribution is 7.20. The predicted molar refractivity (Wildman–Crippen MR) is 95.0 cm³/mol. The fourth-order valence-electron chi connectivity index (χ4n) is 2.60. The molecule has 2 aromatic heterocycles. The molecule has 0 aliphatic heterocycles. The molecule has 0 bridgehead atoms. The number of nitriles is 1. The van der Waals surface area contributed by atoms with Crippen LogP contribution in [-0.4, -0.2) is 34.2 Å². The fourth-order valence-corrected chi connectivity index (χ4v) is 3.75. The van der Waals surface area contributed by atoms with E-state index in [0.717, 1.165) is 21.5 Å². The molecule has 128 valence electrons. The minimum atomic E-state index is -0.269. The Morgan fingerprint density at radius 2 is 2.12 bits per heavy atom. The summed E-state index contributed by atoms with van der Waals surface area (Å²) in [4.78, 5) is 15.6. The molecule has 25 heavy (non-hydrogen) atoms. The van der Waals surface area contributed by atoms with E-state index in [1.165, 1.54) is 23.5 Å². The van der Waals surface area contributed by atoms with Crippen LogP contribution in [0.5, 0.6) is 0 Å². The summed E-state index contributed by atoms with van der Waals surface area (Å²) in [7, 11) is 1.70. The van der Waals surface area contributed by atoms with Crippen LogP contribution in [-0.2, 0) is 6.54 Å². The van der Waals surface area contributed by atoms with Crippen molar-refractivity contribution >= 4 is 27.5 Å². The summed E-state index contributed by atoms with van der Waals surface area (Å²) in [6.45, 7) is 2.83. The minimum Gasteiger partial charge on any atom is -0.340 e. The number of hydrogen-bond donors (Lipinski definition) is 0. The molecule has 7 heteroatoms. The SMILES string of the molecule is Cc1nn(Cc2ccc(F)cc2)c2sc(C(=O)N(C)CCC#N)cc12. The van der Waals surface area contributed by atoms with Gasteiger partial charge in [-0.2, -0.15) is 10.4 Å². The normalized spacial score (nSPS) is 10.8. The van der Waals surface area contributed by atoms with E-state index >= 15 is 0 Å². The highest BCUT2D eigenvalue weighted by Gasteiger charge is 2.19. The number of benzene rings is 1. The van der Waals surface area contributed by atoms with Crippen molar-refractivity contribution in [2.45, 2.75) is 19.9 Å². The highest BCUT2D eigenvalue weighted by atomic mass is 32.1. The minimum absolute atomic E-state index is 0.0933. The van der Waals surface area contributed by atoms with Crippen LogP contribution >= 0.6 is 11.3 Å². The number of halogens is 1. The van der Waals surface area contributed by atoms with E-state index in [1.54, 1.807) is 24.1 Å². The smallest absolute Gasteiger partial charge is 0.263 e. The van der Waals surface area contributed by atoms with Crippen LogP contribution in [0, 0.1) is 24.1 Å². The molecule has 0 radical (unpaired) electrons. The number of aryl methyl sites for hydroxylation is 1. The highest BCUT2D eigenvalue weighted by Crippen LogP contribution is 2.29. The molecule has 0 N–H and O–H groups in total. The molecule has 1 amide bonds. The van der Waals surface area contributed by atoms with E-state index in [-0.39, 0.29) is 11.7 Å². The zero-order valence-electron chi connectivity index (χ0n) is 14.0. The van der Waals surface area contributed by atoms with Crippen LogP contribution in [0.4, 0.5) is 4.39 Å². The van der Waals surface area contributed by atoms with E-state index < -0.39 is 0 Å². The average molecular weight is 356 g/mol. The van der Waals surface area contributed by atoms with Crippen molar-refractivity contribution in [1.82, 2.24) is 14.7 Å². The molecule has 0 saturated heterocycles. The molecule has 0 aliphatic rings. The van der Waals surface area contributed by atoms with Crippen molar-refractivity contribution in [3.63, 3.8) is 0 Å². The molecule has 0 saturated carbocycles. The second-order valence-corrected chi connectivity index (χ2v) is 6.86. The topological polar surface area (TPSA) is 61.9 Å². The lowest BCUT2D eigenvalue weighted by atomic mass is 10.2. The number of amides is 1. The van der Waals surface area contributed by atoms with E-state index in [2.05, 4.69) is 5.10 Å². The van der Waals surface area contributed by atoms with E-state index in [4.69, 9.17) is 5.26 Å². The summed E-state index contributed by atoms with van der Waals surface area (Å²) in [5.41, 5.74) is 1.80. The maximum absolute atomic E-state index is 13.1. The van der Waals surface area contributed by atoms with Crippen molar-refractivity contribution < 1.29 is 9.18 Å². The quantitative estimate of drug-likeness (QED) is 0.702. The van der Waals surface area contributed by atoms with Gasteiger partial charge in [0.05, 0.1) is 29.6 Å². The van der Waals surface area contributed by atoms with Gasteiger partial charge in [-0.05, 0) is 30.7 Å². The molecule has 5 nitrogen and oxygen atoms in total. The predicted octanol–water partition coefficient (Wildman–Crippen LogP) is 3.58. The summed E-state index contributed by atoms with van der Waals surface area (Å²) < 4.78 is 14.9. The monoisotopic (exact) mass is 356 g/mol. The Labute approximate surface area is 148 Å². The number of nitrogens with zero attached hydrogens (tertiary/aromatic N) is 4. The van der Waals surface area contributed by atoms with Crippen LogP contribution in [0.2, 0.25) is 0 Å². The molecule has 0 fully saturated rings. The Balaban J connectivity index is 1.89. The van der Waals surface area contributed by atoms with Crippen LogP contribution < -0.4 is 0 Å². The molecule has 0 unspecified atom stereocenters. The lowest BCUT2D eigenvalue weighted by molar-refractivity contribution is 0.0803. The molecule has 0 spiro atoms. The van der Waals surface area contributed by atoms with Gasteiger partial charge in [0.25, 0.3) is 5.91 Å². The number of rotatable bonds is 5. The van der Waals surface area contributed by atoms with Crippen LogP contribution in [0.15, 0.2) is 30.3 Å². The maximum Gasteiger partial charge on any atom is 0.263 e. The van der Waals surface area contributed by atoms with Crippen LogP contribution in [0.25, 0.3) is 10.2 Å². The summed E-state index contributed by atoms with van der Waals surface area (Å²) in [5.74, 6) is -0.362. The Morgan fingerprint density at radius 1 is 1.40 bits per heavy atom. The molecule has 0 atom stereocenters. The third-order valence-electron chi connectivity index (χ3n) is 3.97. The first-order chi connectivity index (χ1) is 12.0. The number of aromatic nitrogens is 2. The number of hydrogen-bond acceptors (Lipinski definition) is 4. The molecule has 0 aliphatic carbocycles. The number of carbonyl (C=O) groups excluding carboxylic acids is 1. The summed E-state index contributed by atoms with van der Waals surface area (Å²) in [6, 6.07) is 10.2. The molecule has 1 aromatic carbocycles. The zero-order chi connectivity index (χ0) is 18.0. The van der Waals surface area contributed by atoms with Crippen molar-refractivity contribution in [2.24, 2.45) is 0 Å². The van der Waals surface area contributed by atoms with Gasteiger partial charge in [0, 0.05) is 19.0 Å². The molecule has 2 heterocycles. The van der Waals surface area contributed by atoms with E-state index in [1.807, 2.05) is 23.7 Å². The van der Waals surface area contributed by atoms with Crippen molar-refractivity contribution in [1.29, 1.82) is 5.26 Å². The van der Waals surface area contributed by atoms with Crippen molar-refractivity contribution in [3.05, 3.63) is 52.3 Å². The Morgan fingerprint density at radius 3 is 2.80 bits per heavy atom. The summed E-state index contributed by atoms with van der Waals surface area (Å²) in [5, 5.41) is 14.1. The van der Waals surface area contributed by atoms with Gasteiger partial charge in [-0.1, -0.05) is 12.1 Å². The molecular weight excluding hydrogens is 339 g/mol. The van der Waals surface area contributed by atoms with Gasteiger partial charge < -0.3 is 4.90 Å². The van der Waals surface area contributed by atoms with Crippen molar-refractivity contribution in [3.8, 4) is 6.07 Å². The van der Waals surface area contributed by atoms with E-state index in [0.29, 0.717) is 24.4 Å². The van der Waals surface area contributed by atoms with Crippen LogP contribution in [0.3, 0.4) is 0 Å². The number of thiophene rings is 1. The number of fused-ring (bicyclic) bond motifs is 1. The lowest BCUT2D eigenvalue weighted by Gasteiger charge is -2.13. The van der Waals surface area contributed by atoms with Gasteiger partial charge >= 0.3 is 0 Å². The zero-order valence-corrected chi connectivity index (χ0v) is 14.8. The van der Waals surface area contributed by atoms with Gasteiger partial charge in [0.15, 0.2) is 0 Å². The first-order valence-corrected chi connectivity index (χ1v) is 8.65. The average Bonchev–Trinajstić information content (AvgIpc) is 3.16. The molecular formula is C18H17FN4OS. The third kappa shape index (κ3) is 3.54. The van der Waals surface area contributed by atoms with Gasteiger partial charge in [0.2, 0.25) is 0 Å². The maximum atomic E-state index is 13.1. The summed E-state index contributed by atoms with van der Waals surface area (Å²) in [6.07, 6.45) is 0.310. The second-order valence-electron chi connectivity index (χ2n) is 5.83. The van der Waals surface area contributed by atoms with Gasteiger partial charge in [-0.3, -0.25) is 9.48 Å². The molecule has 3 rings (SSSR count). The third-order valence-corrected chi connectivity index (χ3v) is 5.11. The summed E-state index contributed by atoms with van der Waals surface area (Å²) >= 11 is 1.39. The van der Waals surface area contributed by atoms with Crippen LogP contribution in [0.1, 0.15) is 27.3 Å². The first kappa shape index (κ1) is 17.1. The Kier molecular flexibility index (Phi) is 4.81. The van der Waals surface area contributed by atoms with Gasteiger partial charge in [0.1, 0.15) is 10.6 Å². The van der Waals surface area contributed by atoms with E-state index in [9.17, 15) is 9.18 Å². The first-order valence-electron chi connectivity index (χ1n) is 7.83. The second kappa shape index (κ2) is 7.03. The Hall–Kier alpha value is -2.72. The number of carbonyl (C=O) groups is 1. The van der Waals surface area contributed by atoms with Crippen molar-refractivity contribution in [2.75, 3.05) is 13.6 Å². The molecule has 3 aromatic rings. The fraction of sp³-hybridized carbons (Fsp3) is 0.278.